The van der Waals surface area contributed by atoms with Crippen LogP contribution in [0.5, 0.6) is 0 Å². The first-order valence-corrected chi connectivity index (χ1v) is 4.71. The lowest BCUT2D eigenvalue weighted by Crippen LogP contribution is -2.34. The quantitative estimate of drug-likeness (QED) is 0.608. The van der Waals surface area contributed by atoms with E-state index in [9.17, 15) is 4.79 Å². The van der Waals surface area contributed by atoms with E-state index in [1.54, 1.807) is 0 Å². The molecular formula is C9H16N2O. The Morgan fingerprint density at radius 3 is 2.50 bits per heavy atom. The molecular weight excluding hydrogens is 152 g/mol. The third-order valence-electron chi connectivity index (χ3n) is 2.83. The highest BCUT2D eigenvalue weighted by molar-refractivity contribution is 5.82. The minimum atomic E-state index is 0.265. The van der Waals surface area contributed by atoms with Crippen LogP contribution in [-0.2, 0) is 4.79 Å². The summed E-state index contributed by atoms with van der Waals surface area (Å²) in [5.74, 6) is 1.88. The minimum Gasteiger partial charge on any atom is -0.354 e. The Hall–Kier alpha value is -0.570. The van der Waals surface area contributed by atoms with Crippen molar-refractivity contribution in [3.8, 4) is 0 Å². The zero-order valence-electron chi connectivity index (χ0n) is 7.63. The molecule has 2 unspecified atom stereocenters. The smallest absolute Gasteiger partial charge is 0.223 e. The van der Waals surface area contributed by atoms with Crippen LogP contribution in [0.25, 0.3) is 0 Å². The third kappa shape index (κ3) is 1.22. The number of hydrogen-bond donors (Lipinski definition) is 2. The number of carbonyl (C=O) groups excluding carboxylic acids is 1. The van der Waals surface area contributed by atoms with Gasteiger partial charge in [-0.1, -0.05) is 0 Å². The summed E-state index contributed by atoms with van der Waals surface area (Å²) >= 11 is 0. The SMILES string of the molecule is CC(C)NC(=O)C1C2CNC[C@H]21. The van der Waals surface area contributed by atoms with Gasteiger partial charge in [-0.25, -0.2) is 0 Å². The fourth-order valence-electron chi connectivity index (χ4n) is 2.19. The zero-order valence-corrected chi connectivity index (χ0v) is 7.63. The summed E-state index contributed by atoms with van der Waals surface area (Å²) in [5, 5.41) is 6.25. The first kappa shape index (κ1) is 8.05. The van der Waals surface area contributed by atoms with E-state index in [2.05, 4.69) is 10.6 Å². The van der Waals surface area contributed by atoms with Gasteiger partial charge in [0.25, 0.3) is 0 Å². The summed E-state index contributed by atoms with van der Waals surface area (Å²) in [6.45, 7) is 6.10. The number of hydrogen-bond acceptors (Lipinski definition) is 2. The van der Waals surface area contributed by atoms with Gasteiger partial charge in [0.1, 0.15) is 0 Å². The third-order valence-corrected chi connectivity index (χ3v) is 2.83. The molecule has 3 heteroatoms. The fraction of sp³-hybridized carbons (Fsp3) is 0.889. The normalized spacial score (nSPS) is 38.1. The van der Waals surface area contributed by atoms with E-state index in [-0.39, 0.29) is 11.9 Å². The summed E-state index contributed by atoms with van der Waals surface area (Å²) in [5.41, 5.74) is 0. The second kappa shape index (κ2) is 2.73. The highest BCUT2D eigenvalue weighted by Crippen LogP contribution is 2.48. The van der Waals surface area contributed by atoms with Crippen LogP contribution in [0.3, 0.4) is 0 Å². The summed E-state index contributed by atoms with van der Waals surface area (Å²) in [6, 6.07) is 0.284. The van der Waals surface area contributed by atoms with Crippen molar-refractivity contribution in [1.82, 2.24) is 10.6 Å². The van der Waals surface area contributed by atoms with Crippen LogP contribution in [0.4, 0.5) is 0 Å². The highest BCUT2D eigenvalue weighted by atomic mass is 16.2. The molecule has 0 radical (unpaired) electrons. The Morgan fingerprint density at radius 2 is 2.00 bits per heavy atom. The van der Waals surface area contributed by atoms with Gasteiger partial charge in [-0.2, -0.15) is 0 Å². The molecule has 0 bridgehead atoms. The summed E-state index contributed by atoms with van der Waals surface area (Å²) in [4.78, 5) is 11.5. The minimum absolute atomic E-state index is 0.265. The van der Waals surface area contributed by atoms with Gasteiger partial charge in [0.2, 0.25) is 5.91 Å². The van der Waals surface area contributed by atoms with Crippen LogP contribution >= 0.6 is 0 Å². The van der Waals surface area contributed by atoms with Gasteiger partial charge in [-0.15, -0.1) is 0 Å². The molecule has 1 saturated heterocycles. The molecule has 1 aliphatic carbocycles. The molecule has 1 heterocycles. The zero-order chi connectivity index (χ0) is 8.72. The van der Waals surface area contributed by atoms with Crippen molar-refractivity contribution in [2.24, 2.45) is 17.8 Å². The molecule has 0 aromatic carbocycles. The van der Waals surface area contributed by atoms with E-state index in [1.807, 2.05) is 13.8 Å². The van der Waals surface area contributed by atoms with Crippen molar-refractivity contribution in [2.75, 3.05) is 13.1 Å². The average molecular weight is 168 g/mol. The molecule has 2 N–H and O–H groups in total. The van der Waals surface area contributed by atoms with Crippen LogP contribution in [0.15, 0.2) is 0 Å². The second-order valence-electron chi connectivity index (χ2n) is 4.18. The summed E-state index contributed by atoms with van der Waals surface area (Å²) in [6.07, 6.45) is 0. The first-order chi connectivity index (χ1) is 5.70. The molecule has 0 aromatic rings. The van der Waals surface area contributed by atoms with Crippen LogP contribution in [0, 0.1) is 17.8 Å². The molecule has 0 aromatic heterocycles. The maximum absolute atomic E-state index is 11.5. The van der Waals surface area contributed by atoms with E-state index >= 15 is 0 Å². The Balaban J connectivity index is 1.84. The molecule has 2 fully saturated rings. The van der Waals surface area contributed by atoms with Gasteiger partial charge >= 0.3 is 0 Å². The van der Waals surface area contributed by atoms with Crippen molar-refractivity contribution >= 4 is 5.91 Å². The van der Waals surface area contributed by atoms with E-state index < -0.39 is 0 Å². The van der Waals surface area contributed by atoms with Gasteiger partial charge < -0.3 is 10.6 Å². The molecule has 1 saturated carbocycles. The van der Waals surface area contributed by atoms with Crippen molar-refractivity contribution in [3.63, 3.8) is 0 Å². The summed E-state index contributed by atoms with van der Waals surface area (Å²) in [7, 11) is 0. The molecule has 3 nitrogen and oxygen atoms in total. The van der Waals surface area contributed by atoms with Crippen LogP contribution < -0.4 is 10.6 Å². The van der Waals surface area contributed by atoms with Crippen molar-refractivity contribution in [2.45, 2.75) is 19.9 Å². The van der Waals surface area contributed by atoms with E-state index in [0.717, 1.165) is 13.1 Å². The standard InChI is InChI=1S/C9H16N2O/c1-5(2)11-9(12)8-6-3-10-4-7(6)8/h5-8,10H,3-4H2,1-2H3,(H,11,12)/t6-,7?,8?/m1/s1. The predicted octanol–water partition coefficient (Wildman–Crippen LogP) is -0.0236. The number of piperidine rings is 1. The summed E-state index contributed by atoms with van der Waals surface area (Å²) < 4.78 is 0. The fourth-order valence-corrected chi connectivity index (χ4v) is 2.19. The van der Waals surface area contributed by atoms with Crippen LogP contribution in [-0.4, -0.2) is 25.0 Å². The van der Waals surface area contributed by atoms with E-state index in [0.29, 0.717) is 17.8 Å². The van der Waals surface area contributed by atoms with Gasteiger partial charge in [-0.3, -0.25) is 4.79 Å². The molecule has 1 amide bonds. The molecule has 2 aliphatic rings. The Labute approximate surface area is 72.9 Å². The number of amides is 1. The van der Waals surface area contributed by atoms with Crippen molar-refractivity contribution in [3.05, 3.63) is 0 Å². The number of carbonyl (C=O) groups is 1. The average Bonchev–Trinajstić information content (AvgIpc) is 2.45. The Bertz CT molecular complexity index is 193. The topological polar surface area (TPSA) is 41.1 Å². The predicted molar refractivity (Wildman–Crippen MR) is 46.6 cm³/mol. The Kier molecular flexibility index (Phi) is 1.83. The lowest BCUT2D eigenvalue weighted by molar-refractivity contribution is -0.123. The van der Waals surface area contributed by atoms with Crippen molar-refractivity contribution < 1.29 is 4.79 Å². The highest BCUT2D eigenvalue weighted by Gasteiger charge is 2.56. The number of rotatable bonds is 2. The van der Waals surface area contributed by atoms with Crippen LogP contribution in [0.1, 0.15) is 13.8 Å². The number of nitrogens with one attached hydrogen (secondary N) is 2. The van der Waals surface area contributed by atoms with Crippen LogP contribution in [0.2, 0.25) is 0 Å². The molecule has 12 heavy (non-hydrogen) atoms. The molecule has 1 aliphatic heterocycles. The number of fused-ring (bicyclic) bond motifs is 1. The van der Waals surface area contributed by atoms with Crippen molar-refractivity contribution in [1.29, 1.82) is 0 Å². The van der Waals surface area contributed by atoms with E-state index in [4.69, 9.17) is 0 Å². The monoisotopic (exact) mass is 168 g/mol. The lowest BCUT2D eigenvalue weighted by Gasteiger charge is -2.09. The first-order valence-electron chi connectivity index (χ1n) is 4.71. The maximum atomic E-state index is 11.5. The molecule has 3 atom stereocenters. The van der Waals surface area contributed by atoms with Gasteiger partial charge in [0, 0.05) is 12.0 Å². The largest absolute Gasteiger partial charge is 0.354 e. The Morgan fingerprint density at radius 1 is 1.42 bits per heavy atom. The lowest BCUT2D eigenvalue weighted by atomic mass is 10.2. The molecule has 0 spiro atoms. The van der Waals surface area contributed by atoms with Gasteiger partial charge in [0.15, 0.2) is 0 Å². The van der Waals surface area contributed by atoms with E-state index in [1.165, 1.54) is 0 Å². The maximum Gasteiger partial charge on any atom is 0.223 e. The molecule has 2 rings (SSSR count). The second-order valence-corrected chi connectivity index (χ2v) is 4.18. The molecule has 68 valence electrons. The van der Waals surface area contributed by atoms with Gasteiger partial charge in [0.05, 0.1) is 0 Å². The van der Waals surface area contributed by atoms with Gasteiger partial charge in [-0.05, 0) is 38.8 Å².